The Morgan fingerprint density at radius 3 is 2.60 bits per heavy atom. The highest BCUT2D eigenvalue weighted by Gasteiger charge is 2.30. The summed E-state index contributed by atoms with van der Waals surface area (Å²) in [6.45, 7) is 7.51. The fourth-order valence-electron chi connectivity index (χ4n) is 1.83. The van der Waals surface area contributed by atoms with E-state index in [9.17, 15) is 4.79 Å². The lowest BCUT2D eigenvalue weighted by molar-refractivity contribution is -0.123. The molecule has 0 saturated heterocycles. The van der Waals surface area contributed by atoms with Crippen LogP contribution >= 0.6 is 11.6 Å². The van der Waals surface area contributed by atoms with Gasteiger partial charge in [-0.3, -0.25) is 9.48 Å². The zero-order valence-electron chi connectivity index (χ0n) is 12.1. The topological polar surface area (TPSA) is 46.9 Å². The van der Waals surface area contributed by atoms with Crippen LogP contribution < -0.4 is 5.32 Å². The summed E-state index contributed by atoms with van der Waals surface area (Å²) in [5.74, 6) is -0.123. The molecule has 1 heterocycles. The van der Waals surface area contributed by atoms with Crippen molar-refractivity contribution in [1.29, 1.82) is 0 Å². The molecule has 0 atom stereocenters. The largest absolute Gasteiger partial charge is 0.324 e. The second-order valence-corrected chi connectivity index (χ2v) is 5.85. The molecule has 5 heteroatoms. The molecule has 1 N–H and O–H groups in total. The van der Waals surface area contributed by atoms with Gasteiger partial charge in [0.2, 0.25) is 0 Å². The van der Waals surface area contributed by atoms with Gasteiger partial charge >= 0.3 is 0 Å². The highest BCUT2D eigenvalue weighted by Crippen LogP contribution is 2.22. The van der Waals surface area contributed by atoms with Crippen LogP contribution in [-0.2, 0) is 10.3 Å². The van der Waals surface area contributed by atoms with E-state index >= 15 is 0 Å². The smallest absolute Gasteiger partial charge is 0.251 e. The molecule has 0 aliphatic rings. The van der Waals surface area contributed by atoms with Gasteiger partial charge in [0.05, 0.1) is 6.20 Å². The fourth-order valence-corrected chi connectivity index (χ4v) is 1.95. The van der Waals surface area contributed by atoms with E-state index in [2.05, 4.69) is 10.4 Å². The van der Waals surface area contributed by atoms with E-state index in [4.69, 9.17) is 11.6 Å². The summed E-state index contributed by atoms with van der Waals surface area (Å²) >= 11 is 5.98. The first-order chi connectivity index (χ1) is 9.30. The standard InChI is InChI=1S/C15H18ClN3O/c1-10-8-17-19(9-10)15(3,4)14(20)18-12-5-6-13(16)11(2)7-12/h5-9H,1-4H3,(H,18,20). The molecule has 2 aromatic rings. The Morgan fingerprint density at radius 1 is 1.35 bits per heavy atom. The first-order valence-corrected chi connectivity index (χ1v) is 6.78. The third-order valence-corrected chi connectivity index (χ3v) is 3.68. The number of carbonyl (C=O) groups excluding carboxylic acids is 1. The van der Waals surface area contributed by atoms with Gasteiger partial charge in [0.15, 0.2) is 0 Å². The number of rotatable bonds is 3. The number of nitrogens with zero attached hydrogens (tertiary/aromatic N) is 2. The number of halogens is 1. The van der Waals surface area contributed by atoms with Crippen molar-refractivity contribution in [2.24, 2.45) is 0 Å². The highest BCUT2D eigenvalue weighted by molar-refractivity contribution is 6.31. The predicted molar refractivity (Wildman–Crippen MR) is 81.1 cm³/mol. The molecule has 2 rings (SSSR count). The summed E-state index contributed by atoms with van der Waals surface area (Å²) in [6.07, 6.45) is 3.59. The number of hydrogen-bond acceptors (Lipinski definition) is 2. The molecule has 0 aliphatic carbocycles. The molecular weight excluding hydrogens is 274 g/mol. The van der Waals surface area contributed by atoms with E-state index in [0.717, 1.165) is 16.8 Å². The van der Waals surface area contributed by atoms with Crippen molar-refractivity contribution in [3.05, 3.63) is 46.7 Å². The number of hydrogen-bond donors (Lipinski definition) is 1. The summed E-state index contributed by atoms with van der Waals surface area (Å²) in [6, 6.07) is 5.42. The van der Waals surface area contributed by atoms with Crippen LogP contribution in [-0.4, -0.2) is 15.7 Å². The average Bonchev–Trinajstić information content (AvgIpc) is 2.81. The molecule has 0 aliphatic heterocycles. The Labute approximate surface area is 123 Å². The van der Waals surface area contributed by atoms with Crippen molar-refractivity contribution in [2.75, 3.05) is 5.32 Å². The quantitative estimate of drug-likeness (QED) is 0.940. The van der Waals surface area contributed by atoms with Crippen LogP contribution in [0.1, 0.15) is 25.0 Å². The maximum Gasteiger partial charge on any atom is 0.251 e. The molecule has 20 heavy (non-hydrogen) atoms. The monoisotopic (exact) mass is 291 g/mol. The number of aryl methyl sites for hydroxylation is 2. The molecule has 106 valence electrons. The third kappa shape index (κ3) is 2.85. The molecule has 1 aromatic heterocycles. The highest BCUT2D eigenvalue weighted by atomic mass is 35.5. The molecule has 0 bridgehead atoms. The van der Waals surface area contributed by atoms with Crippen molar-refractivity contribution in [1.82, 2.24) is 9.78 Å². The van der Waals surface area contributed by atoms with E-state index in [1.54, 1.807) is 23.0 Å². The SMILES string of the molecule is Cc1cnn(C(C)(C)C(=O)Nc2ccc(Cl)c(C)c2)c1. The lowest BCUT2D eigenvalue weighted by Crippen LogP contribution is -2.40. The van der Waals surface area contributed by atoms with Crippen LogP contribution in [0, 0.1) is 13.8 Å². The van der Waals surface area contributed by atoms with Gasteiger partial charge in [-0.05, 0) is 57.0 Å². The molecule has 0 spiro atoms. The van der Waals surface area contributed by atoms with E-state index in [1.807, 2.05) is 40.0 Å². The van der Waals surface area contributed by atoms with Crippen molar-refractivity contribution < 1.29 is 4.79 Å². The van der Waals surface area contributed by atoms with Gasteiger partial charge in [-0.25, -0.2) is 0 Å². The normalized spacial score (nSPS) is 11.4. The minimum atomic E-state index is -0.762. The zero-order valence-corrected chi connectivity index (χ0v) is 12.8. The summed E-state index contributed by atoms with van der Waals surface area (Å²) < 4.78 is 1.67. The van der Waals surface area contributed by atoms with Gasteiger partial charge in [0, 0.05) is 16.9 Å². The number of amides is 1. The Hall–Kier alpha value is -1.81. The van der Waals surface area contributed by atoms with Crippen LogP contribution in [0.3, 0.4) is 0 Å². The number of anilines is 1. The molecule has 0 radical (unpaired) electrons. The molecule has 4 nitrogen and oxygen atoms in total. The number of carbonyl (C=O) groups is 1. The van der Waals surface area contributed by atoms with Crippen LogP contribution in [0.4, 0.5) is 5.69 Å². The zero-order chi connectivity index (χ0) is 14.9. The van der Waals surface area contributed by atoms with Gasteiger partial charge in [0.1, 0.15) is 5.54 Å². The van der Waals surface area contributed by atoms with E-state index in [-0.39, 0.29) is 5.91 Å². The number of aromatic nitrogens is 2. The molecule has 0 fully saturated rings. The van der Waals surface area contributed by atoms with Crippen LogP contribution in [0.2, 0.25) is 5.02 Å². The summed E-state index contributed by atoms with van der Waals surface area (Å²) in [4.78, 5) is 12.4. The Morgan fingerprint density at radius 2 is 2.05 bits per heavy atom. The van der Waals surface area contributed by atoms with Crippen molar-refractivity contribution in [3.8, 4) is 0 Å². The summed E-state index contributed by atoms with van der Waals surface area (Å²) in [7, 11) is 0. The summed E-state index contributed by atoms with van der Waals surface area (Å²) in [5, 5.41) is 7.80. The third-order valence-electron chi connectivity index (χ3n) is 3.26. The minimum Gasteiger partial charge on any atom is -0.324 e. The summed E-state index contributed by atoms with van der Waals surface area (Å²) in [5.41, 5.74) is 1.92. The lowest BCUT2D eigenvalue weighted by Gasteiger charge is -2.24. The maximum absolute atomic E-state index is 12.4. The average molecular weight is 292 g/mol. The molecule has 0 unspecified atom stereocenters. The van der Waals surface area contributed by atoms with Gasteiger partial charge in [0.25, 0.3) is 5.91 Å². The van der Waals surface area contributed by atoms with Gasteiger partial charge in [-0.2, -0.15) is 5.10 Å². The minimum absolute atomic E-state index is 0.123. The van der Waals surface area contributed by atoms with Crippen LogP contribution in [0.25, 0.3) is 0 Å². The maximum atomic E-state index is 12.4. The predicted octanol–water partition coefficient (Wildman–Crippen LogP) is 3.53. The van der Waals surface area contributed by atoms with Crippen LogP contribution in [0.15, 0.2) is 30.6 Å². The lowest BCUT2D eigenvalue weighted by atomic mass is 10.0. The van der Waals surface area contributed by atoms with Crippen molar-refractivity contribution >= 4 is 23.2 Å². The number of benzene rings is 1. The Balaban J connectivity index is 2.20. The molecular formula is C15H18ClN3O. The van der Waals surface area contributed by atoms with E-state index < -0.39 is 5.54 Å². The molecule has 1 amide bonds. The number of nitrogens with one attached hydrogen (secondary N) is 1. The van der Waals surface area contributed by atoms with E-state index in [1.165, 1.54) is 0 Å². The Kier molecular flexibility index (Phi) is 3.86. The Bertz CT molecular complexity index is 646. The van der Waals surface area contributed by atoms with E-state index in [0.29, 0.717) is 5.02 Å². The first kappa shape index (κ1) is 14.6. The molecule has 1 aromatic carbocycles. The second kappa shape index (κ2) is 5.29. The first-order valence-electron chi connectivity index (χ1n) is 6.40. The second-order valence-electron chi connectivity index (χ2n) is 5.44. The van der Waals surface area contributed by atoms with Gasteiger partial charge < -0.3 is 5.32 Å². The van der Waals surface area contributed by atoms with Gasteiger partial charge in [-0.15, -0.1) is 0 Å². The van der Waals surface area contributed by atoms with Crippen molar-refractivity contribution in [2.45, 2.75) is 33.2 Å². The van der Waals surface area contributed by atoms with Gasteiger partial charge in [-0.1, -0.05) is 11.6 Å². The van der Waals surface area contributed by atoms with Crippen LogP contribution in [0.5, 0.6) is 0 Å². The van der Waals surface area contributed by atoms with Crippen molar-refractivity contribution in [3.63, 3.8) is 0 Å². The fraction of sp³-hybridized carbons (Fsp3) is 0.333. The molecule has 0 saturated carbocycles.